The standard InChI is InChI=1S/C17H24FN3O3/c1-10(2)8-14(16(19)23)21-17(24)15(20-11(3)22)9-12-4-6-13(18)7-5-12/h4-7,10,14-15H,8-9H2,1-3H3,(H2,19,23)(H,20,22)(H,21,24)/t14-,15+/m0/s1. The predicted molar refractivity (Wildman–Crippen MR) is 88.3 cm³/mol. The predicted octanol–water partition coefficient (Wildman–Crippen LogP) is 0.889. The van der Waals surface area contributed by atoms with Gasteiger partial charge < -0.3 is 16.4 Å². The second kappa shape index (κ2) is 9.00. The Morgan fingerprint density at radius 1 is 1.08 bits per heavy atom. The molecule has 4 N–H and O–H groups in total. The molecule has 2 atom stereocenters. The maximum absolute atomic E-state index is 13.0. The number of amides is 3. The largest absolute Gasteiger partial charge is 0.368 e. The third kappa shape index (κ3) is 6.76. The monoisotopic (exact) mass is 337 g/mol. The average molecular weight is 337 g/mol. The van der Waals surface area contributed by atoms with Crippen LogP contribution in [0.25, 0.3) is 0 Å². The van der Waals surface area contributed by atoms with Gasteiger partial charge in [0.05, 0.1) is 0 Å². The molecule has 0 radical (unpaired) electrons. The summed E-state index contributed by atoms with van der Waals surface area (Å²) < 4.78 is 13.0. The van der Waals surface area contributed by atoms with Gasteiger partial charge in [-0.05, 0) is 30.0 Å². The summed E-state index contributed by atoms with van der Waals surface area (Å²) in [6, 6.07) is 3.96. The first-order valence-corrected chi connectivity index (χ1v) is 7.80. The van der Waals surface area contributed by atoms with Crippen LogP contribution in [-0.2, 0) is 20.8 Å². The highest BCUT2D eigenvalue weighted by molar-refractivity contribution is 5.91. The van der Waals surface area contributed by atoms with Crippen molar-refractivity contribution in [3.63, 3.8) is 0 Å². The lowest BCUT2D eigenvalue weighted by Crippen LogP contribution is -2.53. The van der Waals surface area contributed by atoms with Crippen molar-refractivity contribution >= 4 is 17.7 Å². The maximum atomic E-state index is 13.0. The molecule has 1 rings (SSSR count). The van der Waals surface area contributed by atoms with E-state index in [1.54, 1.807) is 0 Å². The van der Waals surface area contributed by atoms with Gasteiger partial charge in [0.1, 0.15) is 17.9 Å². The second-order valence-corrected chi connectivity index (χ2v) is 6.18. The summed E-state index contributed by atoms with van der Waals surface area (Å²) in [4.78, 5) is 35.3. The van der Waals surface area contributed by atoms with Crippen LogP contribution >= 0.6 is 0 Å². The fourth-order valence-corrected chi connectivity index (χ4v) is 2.30. The maximum Gasteiger partial charge on any atom is 0.243 e. The van der Waals surface area contributed by atoms with Gasteiger partial charge in [-0.25, -0.2) is 4.39 Å². The normalized spacial score (nSPS) is 13.2. The molecule has 1 aromatic carbocycles. The molecule has 3 amide bonds. The highest BCUT2D eigenvalue weighted by atomic mass is 19.1. The smallest absolute Gasteiger partial charge is 0.243 e. The molecule has 0 saturated carbocycles. The van der Waals surface area contributed by atoms with E-state index in [1.807, 2.05) is 13.8 Å². The first-order valence-electron chi connectivity index (χ1n) is 7.80. The molecule has 0 spiro atoms. The number of nitrogens with two attached hydrogens (primary N) is 1. The summed E-state index contributed by atoms with van der Waals surface area (Å²) in [6.45, 7) is 5.11. The van der Waals surface area contributed by atoms with Crippen LogP contribution in [0.5, 0.6) is 0 Å². The minimum atomic E-state index is -0.873. The second-order valence-electron chi connectivity index (χ2n) is 6.18. The van der Waals surface area contributed by atoms with Crippen LogP contribution in [0.2, 0.25) is 0 Å². The van der Waals surface area contributed by atoms with Crippen LogP contribution < -0.4 is 16.4 Å². The van der Waals surface area contributed by atoms with E-state index < -0.39 is 23.9 Å². The minimum Gasteiger partial charge on any atom is -0.368 e. The summed E-state index contributed by atoms with van der Waals surface area (Å²) in [5, 5.41) is 5.13. The number of carbonyl (C=O) groups is 3. The van der Waals surface area contributed by atoms with E-state index in [-0.39, 0.29) is 24.1 Å². The van der Waals surface area contributed by atoms with Crippen molar-refractivity contribution in [2.24, 2.45) is 11.7 Å². The number of halogens is 1. The number of benzene rings is 1. The van der Waals surface area contributed by atoms with Crippen LogP contribution in [-0.4, -0.2) is 29.8 Å². The van der Waals surface area contributed by atoms with Crippen molar-refractivity contribution in [1.82, 2.24) is 10.6 Å². The molecule has 0 aromatic heterocycles. The fraction of sp³-hybridized carbons (Fsp3) is 0.471. The van der Waals surface area contributed by atoms with Crippen LogP contribution in [0.15, 0.2) is 24.3 Å². The number of primary amides is 1. The lowest BCUT2D eigenvalue weighted by Gasteiger charge is -2.22. The van der Waals surface area contributed by atoms with Gasteiger partial charge in [-0.1, -0.05) is 26.0 Å². The summed E-state index contributed by atoms with van der Waals surface area (Å²) in [5.74, 6) is -1.72. The molecule has 7 heteroatoms. The van der Waals surface area contributed by atoms with Crippen LogP contribution in [0, 0.1) is 11.7 Å². The molecule has 0 heterocycles. The molecule has 0 saturated heterocycles. The van der Waals surface area contributed by atoms with Gasteiger partial charge in [-0.2, -0.15) is 0 Å². The summed E-state index contributed by atoms with van der Waals surface area (Å²) in [6.07, 6.45) is 0.587. The van der Waals surface area contributed by atoms with Crippen molar-refractivity contribution in [3.8, 4) is 0 Å². The first-order chi connectivity index (χ1) is 11.2. The van der Waals surface area contributed by atoms with Gasteiger partial charge in [0.2, 0.25) is 17.7 Å². The van der Waals surface area contributed by atoms with Crippen LogP contribution in [0.1, 0.15) is 32.8 Å². The summed E-state index contributed by atoms with van der Waals surface area (Å²) in [5.41, 5.74) is 6.01. The summed E-state index contributed by atoms with van der Waals surface area (Å²) >= 11 is 0. The Morgan fingerprint density at radius 2 is 1.67 bits per heavy atom. The lowest BCUT2D eigenvalue weighted by molar-refractivity contribution is -0.131. The number of hydrogen-bond acceptors (Lipinski definition) is 3. The Kier molecular flexibility index (Phi) is 7.35. The van der Waals surface area contributed by atoms with E-state index in [2.05, 4.69) is 10.6 Å². The zero-order chi connectivity index (χ0) is 18.3. The Hall–Kier alpha value is -2.44. The SMILES string of the molecule is CC(=O)N[C@H](Cc1ccc(F)cc1)C(=O)N[C@@H](CC(C)C)C(N)=O. The average Bonchev–Trinajstić information content (AvgIpc) is 2.47. The molecule has 0 fully saturated rings. The Labute approximate surface area is 141 Å². The van der Waals surface area contributed by atoms with Gasteiger partial charge >= 0.3 is 0 Å². The number of nitrogens with one attached hydrogen (secondary N) is 2. The van der Waals surface area contributed by atoms with Gasteiger partial charge in [0, 0.05) is 13.3 Å². The molecule has 0 aliphatic carbocycles. The van der Waals surface area contributed by atoms with Crippen molar-refractivity contribution in [1.29, 1.82) is 0 Å². The molecule has 0 unspecified atom stereocenters. The van der Waals surface area contributed by atoms with E-state index >= 15 is 0 Å². The Bertz CT molecular complexity index is 587. The highest BCUT2D eigenvalue weighted by Gasteiger charge is 2.25. The van der Waals surface area contributed by atoms with Gasteiger partial charge in [-0.3, -0.25) is 14.4 Å². The first kappa shape index (κ1) is 19.6. The third-order valence-electron chi connectivity index (χ3n) is 3.41. The zero-order valence-corrected chi connectivity index (χ0v) is 14.1. The summed E-state index contributed by atoms with van der Waals surface area (Å²) in [7, 11) is 0. The Morgan fingerprint density at radius 3 is 2.12 bits per heavy atom. The van der Waals surface area contributed by atoms with Crippen molar-refractivity contribution in [3.05, 3.63) is 35.6 Å². The van der Waals surface area contributed by atoms with Crippen molar-refractivity contribution in [2.45, 2.75) is 45.7 Å². The molecule has 0 aliphatic rings. The van der Waals surface area contributed by atoms with Crippen molar-refractivity contribution in [2.75, 3.05) is 0 Å². The van der Waals surface area contributed by atoms with E-state index in [4.69, 9.17) is 5.73 Å². The third-order valence-corrected chi connectivity index (χ3v) is 3.41. The zero-order valence-electron chi connectivity index (χ0n) is 14.1. The van der Waals surface area contributed by atoms with Gasteiger partial charge in [-0.15, -0.1) is 0 Å². The van der Waals surface area contributed by atoms with Crippen LogP contribution in [0.3, 0.4) is 0 Å². The van der Waals surface area contributed by atoms with Crippen molar-refractivity contribution < 1.29 is 18.8 Å². The molecule has 132 valence electrons. The number of rotatable bonds is 8. The lowest BCUT2D eigenvalue weighted by atomic mass is 10.0. The molecule has 0 bridgehead atoms. The Balaban J connectivity index is 2.85. The molecule has 6 nitrogen and oxygen atoms in total. The molecule has 24 heavy (non-hydrogen) atoms. The van der Waals surface area contributed by atoms with E-state index in [9.17, 15) is 18.8 Å². The van der Waals surface area contributed by atoms with E-state index in [1.165, 1.54) is 31.2 Å². The van der Waals surface area contributed by atoms with Gasteiger partial charge in [0.25, 0.3) is 0 Å². The number of carbonyl (C=O) groups excluding carboxylic acids is 3. The van der Waals surface area contributed by atoms with Crippen LogP contribution in [0.4, 0.5) is 4.39 Å². The fourth-order valence-electron chi connectivity index (χ4n) is 2.30. The van der Waals surface area contributed by atoms with Gasteiger partial charge in [0.15, 0.2) is 0 Å². The van der Waals surface area contributed by atoms with E-state index in [0.717, 1.165) is 0 Å². The molecule has 0 aliphatic heterocycles. The quantitative estimate of drug-likeness (QED) is 0.656. The van der Waals surface area contributed by atoms with E-state index in [0.29, 0.717) is 12.0 Å². The minimum absolute atomic E-state index is 0.166. The molecular formula is C17H24FN3O3. The molecule has 1 aromatic rings. The topological polar surface area (TPSA) is 101 Å². The highest BCUT2D eigenvalue weighted by Crippen LogP contribution is 2.08. The molecular weight excluding hydrogens is 313 g/mol. The number of hydrogen-bond donors (Lipinski definition) is 3.